The molecular weight excluding hydrogens is 700 g/mol. The first-order valence-electron chi connectivity index (χ1n) is 17.3. The Balaban J connectivity index is 0.913. The molecule has 1 atom stereocenters. The minimum absolute atomic E-state index is 0.0645. The van der Waals surface area contributed by atoms with E-state index in [-0.39, 0.29) is 24.3 Å². The van der Waals surface area contributed by atoms with Gasteiger partial charge in [-0.2, -0.15) is 23.3 Å². The third kappa shape index (κ3) is 7.61. The number of nitrogens with zero attached hydrogens (tertiary/aromatic N) is 7. The topological polar surface area (TPSA) is 138 Å². The van der Waals surface area contributed by atoms with Crippen LogP contribution in [0, 0.1) is 0 Å². The first kappa shape index (κ1) is 35.8. The predicted molar refractivity (Wildman–Crippen MR) is 188 cm³/mol. The Bertz CT molecular complexity index is 1990. The van der Waals surface area contributed by atoms with Crippen LogP contribution < -0.4 is 20.3 Å². The molecule has 2 aromatic carbocycles. The SMILES string of the molecule is COc1nc(NC2CCN(S(=O)c3cccc(CN4CCC(c5ccc6c(N7CCC(=O)NC7=O)nn(C)c6c5)CC4)c3)CC2)ncc1C(F)(F)F. The molecule has 3 aliphatic rings. The average molecular weight is 740 g/mol. The van der Waals surface area contributed by atoms with Crippen LogP contribution in [0.15, 0.2) is 53.6 Å². The fourth-order valence-corrected chi connectivity index (χ4v) is 8.48. The Hall–Kier alpha value is -4.61. The van der Waals surface area contributed by atoms with Gasteiger partial charge in [-0.05, 0) is 80.1 Å². The van der Waals surface area contributed by atoms with Crippen LogP contribution in [0.1, 0.15) is 54.7 Å². The zero-order valence-electron chi connectivity index (χ0n) is 28.9. The van der Waals surface area contributed by atoms with Crippen LogP contribution in [0.5, 0.6) is 5.88 Å². The molecule has 3 fully saturated rings. The van der Waals surface area contributed by atoms with E-state index in [1.54, 1.807) is 4.68 Å². The Kier molecular flexibility index (Phi) is 10.2. The third-order valence-electron chi connectivity index (χ3n) is 10.0. The summed E-state index contributed by atoms with van der Waals surface area (Å²) in [7, 11) is 1.66. The van der Waals surface area contributed by atoms with Gasteiger partial charge in [0, 0.05) is 57.3 Å². The molecule has 0 radical (unpaired) electrons. The van der Waals surface area contributed by atoms with Crippen LogP contribution in [-0.4, -0.2) is 91.0 Å². The number of benzene rings is 2. The monoisotopic (exact) mass is 739 g/mol. The van der Waals surface area contributed by atoms with Crippen LogP contribution in [0.3, 0.4) is 0 Å². The number of nitrogens with one attached hydrogen (secondary N) is 2. The number of urea groups is 1. The number of likely N-dealkylation sites (tertiary alicyclic amines) is 1. The molecule has 3 amide bonds. The van der Waals surface area contributed by atoms with Gasteiger partial charge in [0.25, 0.3) is 0 Å². The molecule has 0 saturated carbocycles. The van der Waals surface area contributed by atoms with Crippen LogP contribution in [0.2, 0.25) is 0 Å². The van der Waals surface area contributed by atoms with E-state index in [4.69, 9.17) is 4.74 Å². The summed E-state index contributed by atoms with van der Waals surface area (Å²) in [5, 5.41) is 11.0. The number of piperidine rings is 2. The number of methoxy groups -OCH3 is 1. The highest BCUT2D eigenvalue weighted by molar-refractivity contribution is 7.82. The number of aromatic nitrogens is 4. The first-order chi connectivity index (χ1) is 25.0. The summed E-state index contributed by atoms with van der Waals surface area (Å²) in [6, 6.07) is 13.7. The van der Waals surface area contributed by atoms with Crippen molar-refractivity contribution in [1.82, 2.24) is 34.3 Å². The summed E-state index contributed by atoms with van der Waals surface area (Å²) in [5.74, 6) is 0.203. The van der Waals surface area contributed by atoms with Crippen LogP contribution in [0.4, 0.5) is 29.7 Å². The number of imide groups is 1. The van der Waals surface area contributed by atoms with Gasteiger partial charge in [-0.25, -0.2) is 18.3 Å². The minimum atomic E-state index is -4.61. The molecule has 0 spiro atoms. The molecule has 13 nitrogen and oxygen atoms in total. The Morgan fingerprint density at radius 3 is 2.50 bits per heavy atom. The highest BCUT2D eigenvalue weighted by Crippen LogP contribution is 2.36. The first-order valence-corrected chi connectivity index (χ1v) is 18.4. The maximum Gasteiger partial charge on any atom is 0.423 e. The normalized spacial score (nSPS) is 19.2. The lowest BCUT2D eigenvalue weighted by atomic mass is 9.89. The molecule has 5 heterocycles. The lowest BCUT2D eigenvalue weighted by molar-refractivity contribution is -0.139. The van der Waals surface area contributed by atoms with Crippen LogP contribution >= 0.6 is 0 Å². The number of rotatable bonds is 9. The second-order valence-corrected chi connectivity index (χ2v) is 14.9. The standard InChI is InChI=1S/C35H40F3N9O4S/c1-44-29-19-24(6-7-27(29)31(43-44)47-17-12-30(48)41-34(47)49)23-8-13-45(14-9-23)21-22-4-3-5-26(18-22)52(50)46-15-10-25(11-16-46)40-33-39-20-28(35(36,37)38)32(42-33)51-2/h3-7,18-20,23,25H,8-17,21H2,1-2H3,(H,39,40,42)(H,41,48,49). The predicted octanol–water partition coefficient (Wildman–Crippen LogP) is 4.82. The van der Waals surface area contributed by atoms with Crippen LogP contribution in [0.25, 0.3) is 10.9 Å². The smallest absolute Gasteiger partial charge is 0.423 e. The van der Waals surface area contributed by atoms with E-state index in [1.165, 1.54) is 10.5 Å². The van der Waals surface area contributed by atoms with E-state index >= 15 is 0 Å². The molecule has 4 aromatic rings. The second kappa shape index (κ2) is 14.8. The third-order valence-corrected chi connectivity index (χ3v) is 11.5. The number of amides is 3. The fraction of sp³-hybridized carbons (Fsp3) is 0.457. The van der Waals surface area contributed by atoms with Gasteiger partial charge >= 0.3 is 12.2 Å². The zero-order valence-corrected chi connectivity index (χ0v) is 29.7. The summed E-state index contributed by atoms with van der Waals surface area (Å²) in [5.41, 5.74) is 2.25. The molecule has 3 saturated heterocycles. The average Bonchev–Trinajstić information content (AvgIpc) is 3.46. The van der Waals surface area contributed by atoms with Crippen molar-refractivity contribution in [3.05, 3.63) is 65.4 Å². The van der Waals surface area contributed by atoms with Gasteiger partial charge in [0.15, 0.2) is 5.82 Å². The summed E-state index contributed by atoms with van der Waals surface area (Å²) < 4.78 is 61.6. The van der Waals surface area contributed by atoms with E-state index in [9.17, 15) is 27.0 Å². The number of alkyl halides is 3. The number of anilines is 2. The molecule has 52 heavy (non-hydrogen) atoms. The lowest BCUT2D eigenvalue weighted by Crippen LogP contribution is -2.49. The van der Waals surface area contributed by atoms with Gasteiger partial charge in [0.1, 0.15) is 16.5 Å². The molecule has 276 valence electrons. The highest BCUT2D eigenvalue weighted by Gasteiger charge is 2.36. The Labute approximate surface area is 301 Å². The molecular formula is C35H40F3N9O4S. The van der Waals surface area contributed by atoms with Crippen molar-refractivity contribution < 1.29 is 31.7 Å². The Morgan fingerprint density at radius 1 is 1.02 bits per heavy atom. The zero-order chi connectivity index (χ0) is 36.6. The van der Waals surface area contributed by atoms with E-state index in [0.29, 0.717) is 44.2 Å². The molecule has 17 heteroatoms. The maximum atomic E-state index is 13.6. The number of hydrogen-bond acceptors (Lipinski definition) is 9. The summed E-state index contributed by atoms with van der Waals surface area (Å²) in [4.78, 5) is 36.5. The quantitative estimate of drug-likeness (QED) is 0.248. The molecule has 0 bridgehead atoms. The molecule has 3 aliphatic heterocycles. The largest absolute Gasteiger partial charge is 0.480 e. The van der Waals surface area contributed by atoms with Crippen molar-refractivity contribution in [1.29, 1.82) is 0 Å². The van der Waals surface area contributed by atoms with Gasteiger partial charge in [0.05, 0.1) is 17.5 Å². The van der Waals surface area contributed by atoms with Crippen molar-refractivity contribution in [2.45, 2.75) is 61.7 Å². The van der Waals surface area contributed by atoms with E-state index in [2.05, 4.69) is 48.8 Å². The number of ether oxygens (including phenoxy) is 1. The number of carbonyl (C=O) groups is 2. The summed E-state index contributed by atoms with van der Waals surface area (Å²) in [6.45, 7) is 3.98. The minimum Gasteiger partial charge on any atom is -0.480 e. The molecule has 2 N–H and O–H groups in total. The van der Waals surface area contributed by atoms with Crippen molar-refractivity contribution in [3.63, 3.8) is 0 Å². The maximum absolute atomic E-state index is 13.6. The molecule has 2 aromatic heterocycles. The van der Waals surface area contributed by atoms with Crippen molar-refractivity contribution in [3.8, 4) is 5.88 Å². The van der Waals surface area contributed by atoms with Gasteiger partial charge in [0.2, 0.25) is 17.7 Å². The van der Waals surface area contributed by atoms with E-state index in [0.717, 1.165) is 67.1 Å². The lowest BCUT2D eigenvalue weighted by Gasteiger charge is -2.33. The van der Waals surface area contributed by atoms with Crippen molar-refractivity contribution >= 4 is 45.6 Å². The van der Waals surface area contributed by atoms with Gasteiger partial charge in [-0.3, -0.25) is 24.6 Å². The molecule has 7 rings (SSSR count). The van der Waals surface area contributed by atoms with E-state index < -0.39 is 34.6 Å². The summed E-state index contributed by atoms with van der Waals surface area (Å²) in [6.07, 6.45) is -0.417. The van der Waals surface area contributed by atoms with E-state index in [1.807, 2.05) is 35.6 Å². The Morgan fingerprint density at radius 2 is 1.79 bits per heavy atom. The molecule has 0 aliphatic carbocycles. The number of halogens is 3. The van der Waals surface area contributed by atoms with Crippen LogP contribution in [-0.2, 0) is 35.5 Å². The number of aryl methyl sites for hydroxylation is 1. The number of hydrogen-bond donors (Lipinski definition) is 2. The van der Waals surface area contributed by atoms with Gasteiger partial charge in [-0.15, -0.1) is 0 Å². The van der Waals surface area contributed by atoms with Crippen molar-refractivity contribution in [2.24, 2.45) is 7.05 Å². The number of carbonyl (C=O) groups excluding carboxylic acids is 2. The van der Waals surface area contributed by atoms with Crippen molar-refractivity contribution in [2.75, 3.05) is 50.1 Å². The molecule has 1 unspecified atom stereocenters. The second-order valence-electron chi connectivity index (χ2n) is 13.4. The fourth-order valence-electron chi connectivity index (χ4n) is 7.19. The number of fused-ring (bicyclic) bond motifs is 1. The van der Waals surface area contributed by atoms with Gasteiger partial charge in [-0.1, -0.05) is 18.2 Å². The highest BCUT2D eigenvalue weighted by atomic mass is 32.2. The van der Waals surface area contributed by atoms with Gasteiger partial charge < -0.3 is 10.1 Å². The summed E-state index contributed by atoms with van der Waals surface area (Å²) >= 11 is 0.